The number of ether oxygens (including phenoxy) is 2. The van der Waals surface area contributed by atoms with Crippen molar-refractivity contribution in [3.8, 4) is 0 Å². The molecule has 1 aliphatic carbocycles. The van der Waals surface area contributed by atoms with Crippen LogP contribution in [0.1, 0.15) is 40.0 Å². The monoisotopic (exact) mass is 290 g/mol. The summed E-state index contributed by atoms with van der Waals surface area (Å²) in [6.45, 7) is 9.27. The predicted octanol–water partition coefficient (Wildman–Crippen LogP) is 3.09. The maximum absolute atomic E-state index is 11.9. The van der Waals surface area contributed by atoms with E-state index >= 15 is 0 Å². The van der Waals surface area contributed by atoms with Gasteiger partial charge in [0, 0.05) is 18.9 Å². The zero-order valence-electron chi connectivity index (χ0n) is 12.8. The molecule has 114 valence electrons. The highest BCUT2D eigenvalue weighted by Gasteiger charge is 2.44. The Morgan fingerprint density at radius 3 is 2.76 bits per heavy atom. The fraction of sp³-hybridized carbons (Fsp3) is 0.529. The van der Waals surface area contributed by atoms with Crippen molar-refractivity contribution in [2.24, 2.45) is 5.92 Å². The van der Waals surface area contributed by atoms with Crippen LogP contribution in [0.3, 0.4) is 0 Å². The van der Waals surface area contributed by atoms with Gasteiger partial charge >= 0.3 is 11.9 Å². The third-order valence-corrected chi connectivity index (χ3v) is 3.98. The first-order valence-corrected chi connectivity index (χ1v) is 7.28. The quantitative estimate of drug-likeness (QED) is 0.423. The summed E-state index contributed by atoms with van der Waals surface area (Å²) in [6, 6.07) is 0. The third kappa shape index (κ3) is 3.63. The fourth-order valence-electron chi connectivity index (χ4n) is 2.95. The lowest BCUT2D eigenvalue weighted by atomic mass is 9.85. The van der Waals surface area contributed by atoms with E-state index in [0.29, 0.717) is 12.0 Å². The zero-order chi connectivity index (χ0) is 15.6. The van der Waals surface area contributed by atoms with E-state index in [-0.39, 0.29) is 18.0 Å². The van der Waals surface area contributed by atoms with Crippen molar-refractivity contribution in [3.63, 3.8) is 0 Å². The molecule has 4 heteroatoms. The lowest BCUT2D eigenvalue weighted by molar-refractivity contribution is -0.149. The van der Waals surface area contributed by atoms with E-state index in [0.717, 1.165) is 18.4 Å². The number of rotatable bonds is 1. The van der Waals surface area contributed by atoms with Gasteiger partial charge in [-0.15, -0.1) is 0 Å². The molecule has 21 heavy (non-hydrogen) atoms. The molecule has 1 fully saturated rings. The first kappa shape index (κ1) is 15.5. The molecular weight excluding hydrogens is 268 g/mol. The summed E-state index contributed by atoms with van der Waals surface area (Å²) < 4.78 is 10.9. The Labute approximate surface area is 125 Å². The van der Waals surface area contributed by atoms with Gasteiger partial charge in [-0.25, -0.2) is 4.79 Å². The molecule has 0 amide bonds. The van der Waals surface area contributed by atoms with Gasteiger partial charge in [0.15, 0.2) is 0 Å². The maximum Gasteiger partial charge on any atom is 0.334 e. The van der Waals surface area contributed by atoms with E-state index in [4.69, 9.17) is 9.47 Å². The molecule has 1 aliphatic heterocycles. The number of allylic oxidation sites excluding steroid dienone is 2. The summed E-state index contributed by atoms with van der Waals surface area (Å²) in [5.74, 6) is -1.05. The third-order valence-electron chi connectivity index (χ3n) is 3.98. The molecule has 2 aliphatic rings. The highest BCUT2D eigenvalue weighted by Crippen LogP contribution is 2.36. The Balaban J connectivity index is 2.39. The number of esters is 2. The van der Waals surface area contributed by atoms with Gasteiger partial charge in [-0.2, -0.15) is 0 Å². The van der Waals surface area contributed by atoms with Crippen molar-refractivity contribution >= 4 is 11.9 Å². The van der Waals surface area contributed by atoms with Crippen LogP contribution in [-0.2, 0) is 19.1 Å². The first-order valence-electron chi connectivity index (χ1n) is 7.28. The van der Waals surface area contributed by atoms with Crippen molar-refractivity contribution in [1.29, 1.82) is 0 Å². The number of carbonyl (C=O) groups excluding carboxylic acids is 2. The standard InChI is InChI=1S/C17H22O4/c1-10-6-5-7-11(2)9-15-16(12(3)17(19)21-15)14(8-10)20-13(4)18/h6,9,14-16H,3,5,7-8H2,1-2,4H3/b10-6+,11-9+/t14-,15-,16-/m1/s1. The largest absolute Gasteiger partial charge is 0.461 e. The van der Waals surface area contributed by atoms with Crippen LogP contribution in [0.4, 0.5) is 0 Å². The molecule has 0 radical (unpaired) electrons. The minimum atomic E-state index is -0.412. The number of fused-ring (bicyclic) bond motifs is 1. The van der Waals surface area contributed by atoms with Crippen LogP contribution in [0.15, 0.2) is 35.5 Å². The van der Waals surface area contributed by atoms with Crippen LogP contribution in [0.25, 0.3) is 0 Å². The summed E-state index contributed by atoms with van der Waals surface area (Å²) in [4.78, 5) is 23.2. The van der Waals surface area contributed by atoms with Crippen molar-refractivity contribution in [2.75, 3.05) is 0 Å². The molecule has 1 saturated heterocycles. The average Bonchev–Trinajstić information content (AvgIpc) is 2.62. The molecule has 3 atom stereocenters. The van der Waals surface area contributed by atoms with Gasteiger partial charge in [-0.1, -0.05) is 23.8 Å². The Morgan fingerprint density at radius 2 is 2.10 bits per heavy atom. The van der Waals surface area contributed by atoms with Gasteiger partial charge in [0.05, 0.1) is 5.92 Å². The summed E-state index contributed by atoms with van der Waals surface area (Å²) >= 11 is 0. The van der Waals surface area contributed by atoms with Crippen LogP contribution in [0.2, 0.25) is 0 Å². The van der Waals surface area contributed by atoms with Crippen molar-refractivity contribution in [1.82, 2.24) is 0 Å². The highest BCUT2D eigenvalue weighted by molar-refractivity contribution is 5.91. The second-order valence-corrected chi connectivity index (χ2v) is 5.88. The molecule has 1 heterocycles. The summed E-state index contributed by atoms with van der Waals surface area (Å²) in [5, 5.41) is 0. The number of hydrogen-bond donors (Lipinski definition) is 0. The molecule has 0 aromatic carbocycles. The Hall–Kier alpha value is -1.84. The van der Waals surface area contributed by atoms with Crippen LogP contribution >= 0.6 is 0 Å². The molecule has 0 aromatic heterocycles. The molecule has 0 N–H and O–H groups in total. The molecule has 2 rings (SSSR count). The second-order valence-electron chi connectivity index (χ2n) is 5.88. The summed E-state index contributed by atoms with van der Waals surface area (Å²) in [6.07, 6.45) is 5.80. The van der Waals surface area contributed by atoms with E-state index in [1.807, 2.05) is 19.9 Å². The molecule has 0 unspecified atom stereocenters. The second kappa shape index (κ2) is 6.29. The first-order chi connectivity index (χ1) is 9.88. The predicted molar refractivity (Wildman–Crippen MR) is 79.4 cm³/mol. The molecule has 0 spiro atoms. The molecule has 0 aromatic rings. The van der Waals surface area contributed by atoms with Gasteiger partial charge in [0.2, 0.25) is 0 Å². The van der Waals surface area contributed by atoms with Crippen molar-refractivity contribution in [3.05, 3.63) is 35.5 Å². The van der Waals surface area contributed by atoms with Gasteiger partial charge in [-0.05, 0) is 32.8 Å². The SMILES string of the molecule is C=C1C(=O)O[C@@H]2/C=C(\C)CC/C=C(\C)C[C@@H](OC(C)=O)[C@@H]12. The van der Waals surface area contributed by atoms with Crippen molar-refractivity contribution < 1.29 is 19.1 Å². The molecule has 4 nitrogen and oxygen atoms in total. The van der Waals surface area contributed by atoms with Crippen LogP contribution in [0, 0.1) is 5.92 Å². The summed E-state index contributed by atoms with van der Waals surface area (Å²) in [7, 11) is 0. The number of hydrogen-bond acceptors (Lipinski definition) is 4. The Kier molecular flexibility index (Phi) is 4.66. The minimum absolute atomic E-state index is 0.308. The normalized spacial score (nSPS) is 34.9. The summed E-state index contributed by atoms with van der Waals surface area (Å²) in [5.41, 5.74) is 2.71. The van der Waals surface area contributed by atoms with Crippen LogP contribution in [0.5, 0.6) is 0 Å². The molecular formula is C17H22O4. The minimum Gasteiger partial charge on any atom is -0.461 e. The van der Waals surface area contributed by atoms with Gasteiger partial charge in [-0.3, -0.25) is 4.79 Å². The van der Waals surface area contributed by atoms with E-state index in [1.165, 1.54) is 12.5 Å². The van der Waals surface area contributed by atoms with Crippen molar-refractivity contribution in [2.45, 2.75) is 52.2 Å². The Bertz CT molecular complexity index is 527. The van der Waals surface area contributed by atoms with Gasteiger partial charge < -0.3 is 9.47 Å². The average molecular weight is 290 g/mol. The molecule has 0 bridgehead atoms. The smallest absolute Gasteiger partial charge is 0.334 e. The lowest BCUT2D eigenvalue weighted by Crippen LogP contribution is -2.32. The van der Waals surface area contributed by atoms with Gasteiger partial charge in [0.1, 0.15) is 12.2 Å². The lowest BCUT2D eigenvalue weighted by Gasteiger charge is -2.26. The fourth-order valence-corrected chi connectivity index (χ4v) is 2.95. The van der Waals surface area contributed by atoms with E-state index < -0.39 is 12.1 Å². The van der Waals surface area contributed by atoms with E-state index in [9.17, 15) is 9.59 Å². The maximum atomic E-state index is 11.9. The number of carbonyl (C=O) groups is 2. The van der Waals surface area contributed by atoms with Crippen LogP contribution in [-0.4, -0.2) is 24.1 Å². The highest BCUT2D eigenvalue weighted by atomic mass is 16.6. The topological polar surface area (TPSA) is 52.6 Å². The molecule has 0 saturated carbocycles. The van der Waals surface area contributed by atoms with E-state index in [2.05, 4.69) is 12.7 Å². The Morgan fingerprint density at radius 1 is 1.38 bits per heavy atom. The van der Waals surface area contributed by atoms with Crippen LogP contribution < -0.4 is 0 Å². The van der Waals surface area contributed by atoms with E-state index in [1.54, 1.807) is 0 Å². The van der Waals surface area contributed by atoms with Gasteiger partial charge in [0.25, 0.3) is 0 Å². The zero-order valence-corrected chi connectivity index (χ0v) is 12.8.